The lowest BCUT2D eigenvalue weighted by Crippen LogP contribution is -2.47. The first-order valence-electron chi connectivity index (χ1n) is 8.59. The molecule has 1 aliphatic carbocycles. The van der Waals surface area contributed by atoms with E-state index in [4.69, 9.17) is 16.3 Å². The van der Waals surface area contributed by atoms with Crippen molar-refractivity contribution in [3.8, 4) is 0 Å². The average molecular weight is 399 g/mol. The molecule has 142 valence electrons. The second kappa shape index (κ2) is 9.83. The standard InChI is InChI=1S/C18H23ClN2O4S/c1-11(16(22)21-18(24)20-14-5-3-4-6-14)25-17(23)12(2)26-15-9-7-13(19)8-10-15/h7-12,14H,3-6H2,1-2H3,(H2,20,21,22,24)/t11-,12-/m1/s1. The number of urea groups is 1. The van der Waals surface area contributed by atoms with Crippen LogP contribution in [0.1, 0.15) is 39.5 Å². The van der Waals surface area contributed by atoms with Crippen molar-refractivity contribution in [3.05, 3.63) is 29.3 Å². The van der Waals surface area contributed by atoms with E-state index in [1.807, 2.05) is 0 Å². The van der Waals surface area contributed by atoms with Gasteiger partial charge >= 0.3 is 12.0 Å². The number of esters is 1. The van der Waals surface area contributed by atoms with Gasteiger partial charge in [0.1, 0.15) is 5.25 Å². The second-order valence-corrected chi connectivity index (χ2v) is 8.09. The number of imide groups is 1. The van der Waals surface area contributed by atoms with Crippen LogP contribution >= 0.6 is 23.4 Å². The van der Waals surface area contributed by atoms with Crippen LogP contribution in [0.15, 0.2) is 29.2 Å². The van der Waals surface area contributed by atoms with E-state index in [9.17, 15) is 14.4 Å². The number of rotatable bonds is 6. The lowest BCUT2D eigenvalue weighted by Gasteiger charge is -2.17. The van der Waals surface area contributed by atoms with Gasteiger partial charge in [0.25, 0.3) is 5.91 Å². The van der Waals surface area contributed by atoms with Gasteiger partial charge in [0.05, 0.1) is 0 Å². The molecule has 26 heavy (non-hydrogen) atoms. The minimum atomic E-state index is -1.05. The molecule has 1 aliphatic rings. The van der Waals surface area contributed by atoms with Crippen LogP contribution in [-0.2, 0) is 14.3 Å². The Bertz CT molecular complexity index is 647. The number of nitrogens with one attached hydrogen (secondary N) is 2. The van der Waals surface area contributed by atoms with Gasteiger partial charge in [0, 0.05) is 16.0 Å². The zero-order valence-electron chi connectivity index (χ0n) is 14.8. The fourth-order valence-corrected chi connectivity index (χ4v) is 3.57. The molecule has 0 spiro atoms. The van der Waals surface area contributed by atoms with Gasteiger partial charge in [-0.05, 0) is 51.0 Å². The van der Waals surface area contributed by atoms with Crippen molar-refractivity contribution in [2.75, 3.05) is 0 Å². The van der Waals surface area contributed by atoms with E-state index < -0.39 is 29.3 Å². The number of carbonyl (C=O) groups excluding carboxylic acids is 3. The van der Waals surface area contributed by atoms with E-state index in [2.05, 4.69) is 10.6 Å². The molecule has 1 saturated carbocycles. The molecule has 0 bridgehead atoms. The van der Waals surface area contributed by atoms with Crippen LogP contribution < -0.4 is 10.6 Å². The van der Waals surface area contributed by atoms with Gasteiger partial charge in [-0.3, -0.25) is 14.9 Å². The highest BCUT2D eigenvalue weighted by atomic mass is 35.5. The average Bonchev–Trinajstić information content (AvgIpc) is 3.09. The molecule has 0 unspecified atom stereocenters. The summed E-state index contributed by atoms with van der Waals surface area (Å²) in [5, 5.41) is 5.09. The summed E-state index contributed by atoms with van der Waals surface area (Å²) >= 11 is 7.14. The predicted molar refractivity (Wildman–Crippen MR) is 101 cm³/mol. The number of hydrogen-bond acceptors (Lipinski definition) is 5. The quantitative estimate of drug-likeness (QED) is 0.565. The number of amides is 3. The highest BCUT2D eigenvalue weighted by Crippen LogP contribution is 2.25. The third-order valence-corrected chi connectivity index (χ3v) is 5.39. The molecule has 1 aromatic carbocycles. The zero-order valence-corrected chi connectivity index (χ0v) is 16.4. The topological polar surface area (TPSA) is 84.5 Å². The number of halogens is 1. The normalized spacial score (nSPS) is 16.6. The van der Waals surface area contributed by atoms with Crippen LogP contribution in [0.25, 0.3) is 0 Å². The highest BCUT2D eigenvalue weighted by molar-refractivity contribution is 8.00. The number of benzene rings is 1. The molecular weight excluding hydrogens is 376 g/mol. The summed E-state index contributed by atoms with van der Waals surface area (Å²) < 4.78 is 5.16. The van der Waals surface area contributed by atoms with Crippen LogP contribution in [0.3, 0.4) is 0 Å². The molecule has 1 fully saturated rings. The minimum Gasteiger partial charge on any atom is -0.452 e. The van der Waals surface area contributed by atoms with Crippen LogP contribution in [0.4, 0.5) is 4.79 Å². The van der Waals surface area contributed by atoms with Gasteiger partial charge in [-0.25, -0.2) is 4.79 Å². The van der Waals surface area contributed by atoms with Crippen molar-refractivity contribution in [1.82, 2.24) is 10.6 Å². The molecule has 1 aromatic rings. The molecular formula is C18H23ClN2O4S. The Morgan fingerprint density at radius 2 is 1.77 bits per heavy atom. The van der Waals surface area contributed by atoms with E-state index in [0.29, 0.717) is 5.02 Å². The Balaban J connectivity index is 1.76. The smallest absolute Gasteiger partial charge is 0.321 e. The number of hydrogen-bond donors (Lipinski definition) is 2. The van der Waals surface area contributed by atoms with Crippen molar-refractivity contribution in [1.29, 1.82) is 0 Å². The summed E-state index contributed by atoms with van der Waals surface area (Å²) in [4.78, 5) is 36.8. The molecule has 0 saturated heterocycles. The fourth-order valence-electron chi connectivity index (χ4n) is 2.59. The lowest BCUT2D eigenvalue weighted by molar-refractivity contribution is -0.153. The van der Waals surface area contributed by atoms with Gasteiger partial charge in [0.15, 0.2) is 6.10 Å². The summed E-state index contributed by atoms with van der Waals surface area (Å²) in [5.74, 6) is -1.17. The summed E-state index contributed by atoms with van der Waals surface area (Å²) in [7, 11) is 0. The Kier molecular flexibility index (Phi) is 7.78. The number of thioether (sulfide) groups is 1. The van der Waals surface area contributed by atoms with E-state index in [1.54, 1.807) is 31.2 Å². The number of ether oxygens (including phenoxy) is 1. The first kappa shape index (κ1) is 20.6. The van der Waals surface area contributed by atoms with E-state index in [-0.39, 0.29) is 6.04 Å². The molecule has 2 rings (SSSR count). The molecule has 6 nitrogen and oxygen atoms in total. The van der Waals surface area contributed by atoms with Crippen LogP contribution in [0.2, 0.25) is 5.02 Å². The summed E-state index contributed by atoms with van der Waals surface area (Å²) in [6.45, 7) is 3.13. The monoisotopic (exact) mass is 398 g/mol. The highest BCUT2D eigenvalue weighted by Gasteiger charge is 2.25. The van der Waals surface area contributed by atoms with Gasteiger partial charge in [0.2, 0.25) is 0 Å². The minimum absolute atomic E-state index is 0.108. The third-order valence-electron chi connectivity index (χ3n) is 4.05. The van der Waals surface area contributed by atoms with Crippen LogP contribution in [-0.4, -0.2) is 35.3 Å². The summed E-state index contributed by atoms with van der Waals surface area (Å²) in [5.41, 5.74) is 0. The summed E-state index contributed by atoms with van der Waals surface area (Å²) in [6.07, 6.45) is 2.95. The van der Waals surface area contributed by atoms with Crippen molar-refractivity contribution in [3.63, 3.8) is 0 Å². The third kappa shape index (κ3) is 6.53. The van der Waals surface area contributed by atoms with Gasteiger partial charge in [-0.2, -0.15) is 0 Å². The molecule has 0 radical (unpaired) electrons. The maximum atomic E-state index is 12.1. The summed E-state index contributed by atoms with van der Waals surface area (Å²) in [6, 6.07) is 6.65. The Labute approximate surface area is 162 Å². The Hall–Kier alpha value is -1.73. The molecule has 2 atom stereocenters. The van der Waals surface area contributed by atoms with Crippen molar-refractivity contribution in [2.24, 2.45) is 0 Å². The second-order valence-electron chi connectivity index (χ2n) is 6.24. The maximum absolute atomic E-state index is 12.1. The van der Waals surface area contributed by atoms with E-state index in [0.717, 1.165) is 30.6 Å². The van der Waals surface area contributed by atoms with E-state index >= 15 is 0 Å². The van der Waals surface area contributed by atoms with Crippen molar-refractivity contribution in [2.45, 2.75) is 61.8 Å². The largest absolute Gasteiger partial charge is 0.452 e. The molecule has 3 amide bonds. The van der Waals surface area contributed by atoms with E-state index in [1.165, 1.54) is 18.7 Å². The lowest BCUT2D eigenvalue weighted by atomic mass is 10.2. The SMILES string of the molecule is C[C@@H](OC(=O)[C@@H](C)Sc1ccc(Cl)cc1)C(=O)NC(=O)NC1CCCC1. The first-order valence-corrected chi connectivity index (χ1v) is 9.85. The fraction of sp³-hybridized carbons (Fsp3) is 0.500. The van der Waals surface area contributed by atoms with Gasteiger partial charge in [-0.1, -0.05) is 24.4 Å². The molecule has 0 aromatic heterocycles. The number of carbonyl (C=O) groups is 3. The van der Waals surface area contributed by atoms with Crippen molar-refractivity contribution < 1.29 is 19.1 Å². The van der Waals surface area contributed by atoms with Crippen molar-refractivity contribution >= 4 is 41.3 Å². The molecule has 2 N–H and O–H groups in total. The first-order chi connectivity index (χ1) is 12.3. The van der Waals surface area contributed by atoms with Crippen LogP contribution in [0, 0.1) is 0 Å². The predicted octanol–water partition coefficient (Wildman–Crippen LogP) is 3.52. The van der Waals surface area contributed by atoms with Crippen LogP contribution in [0.5, 0.6) is 0 Å². The Morgan fingerprint density at radius 3 is 2.38 bits per heavy atom. The Morgan fingerprint density at radius 1 is 1.15 bits per heavy atom. The maximum Gasteiger partial charge on any atom is 0.321 e. The van der Waals surface area contributed by atoms with Gasteiger partial charge < -0.3 is 10.1 Å². The van der Waals surface area contributed by atoms with Gasteiger partial charge in [-0.15, -0.1) is 11.8 Å². The molecule has 0 heterocycles. The molecule has 0 aliphatic heterocycles. The zero-order chi connectivity index (χ0) is 19.1. The molecule has 8 heteroatoms.